The van der Waals surface area contributed by atoms with E-state index in [0.717, 1.165) is 11.7 Å². The predicted octanol–water partition coefficient (Wildman–Crippen LogP) is 4.30. The highest BCUT2D eigenvalue weighted by Crippen LogP contribution is 2.39. The Labute approximate surface area is 98.1 Å². The maximum absolute atomic E-state index is 5.18. The van der Waals surface area contributed by atoms with Gasteiger partial charge in [0.25, 0.3) is 0 Å². The Morgan fingerprint density at radius 3 is 2.38 bits per heavy atom. The van der Waals surface area contributed by atoms with Crippen LogP contribution in [0.2, 0.25) is 0 Å². The molecular formula is C15H20O. The molecule has 0 heterocycles. The van der Waals surface area contributed by atoms with Crippen molar-refractivity contribution in [1.82, 2.24) is 0 Å². The van der Waals surface area contributed by atoms with E-state index in [0.29, 0.717) is 0 Å². The lowest BCUT2D eigenvalue weighted by molar-refractivity contribution is 0.414. The van der Waals surface area contributed by atoms with Crippen LogP contribution < -0.4 is 4.74 Å². The molecule has 16 heavy (non-hydrogen) atoms. The molecule has 0 N–H and O–H groups in total. The number of hydrogen-bond donors (Lipinski definition) is 0. The monoisotopic (exact) mass is 216 g/mol. The summed E-state index contributed by atoms with van der Waals surface area (Å²) in [5.41, 5.74) is 4.62. The summed E-state index contributed by atoms with van der Waals surface area (Å²) in [5, 5.41) is 0. The molecule has 1 aromatic carbocycles. The van der Waals surface area contributed by atoms with Gasteiger partial charge in [0.2, 0.25) is 0 Å². The minimum atomic E-state index is 0.718. The Morgan fingerprint density at radius 1 is 1.19 bits per heavy atom. The van der Waals surface area contributed by atoms with E-state index in [1.165, 1.54) is 30.4 Å². The second kappa shape index (κ2) is 4.73. The van der Waals surface area contributed by atoms with Crippen LogP contribution in [-0.4, -0.2) is 7.11 Å². The third kappa shape index (κ3) is 2.29. The number of hydrogen-bond acceptors (Lipinski definition) is 1. The van der Waals surface area contributed by atoms with E-state index in [9.17, 15) is 0 Å². The summed E-state index contributed by atoms with van der Waals surface area (Å²) >= 11 is 0. The molecule has 1 unspecified atom stereocenters. The fourth-order valence-corrected chi connectivity index (χ4v) is 2.46. The lowest BCUT2D eigenvalue weighted by atomic mass is 9.97. The number of rotatable bonds is 2. The van der Waals surface area contributed by atoms with Gasteiger partial charge in [0.1, 0.15) is 5.75 Å². The first-order valence-electron chi connectivity index (χ1n) is 6.00. The van der Waals surface area contributed by atoms with Crippen LogP contribution in [0.5, 0.6) is 5.75 Å². The largest absolute Gasteiger partial charge is 0.497 e. The lowest BCUT2D eigenvalue weighted by Gasteiger charge is -2.10. The first kappa shape index (κ1) is 11.3. The van der Waals surface area contributed by atoms with Crippen LogP contribution in [-0.2, 0) is 0 Å². The number of allylic oxidation sites excluding steroid dienone is 2. The molecule has 2 rings (SSSR count). The van der Waals surface area contributed by atoms with Gasteiger partial charge < -0.3 is 4.74 Å². The number of benzene rings is 1. The predicted molar refractivity (Wildman–Crippen MR) is 68.0 cm³/mol. The van der Waals surface area contributed by atoms with Gasteiger partial charge in [0.05, 0.1) is 7.11 Å². The van der Waals surface area contributed by atoms with E-state index in [-0.39, 0.29) is 0 Å². The van der Waals surface area contributed by atoms with Crippen LogP contribution in [0, 0.1) is 0 Å². The zero-order valence-electron chi connectivity index (χ0n) is 10.4. The molecule has 1 atom stereocenters. The summed E-state index contributed by atoms with van der Waals surface area (Å²) in [5.74, 6) is 1.67. The Bertz CT molecular complexity index is 382. The summed E-state index contributed by atoms with van der Waals surface area (Å²) in [4.78, 5) is 0. The molecule has 0 saturated heterocycles. The van der Waals surface area contributed by atoms with Crippen molar-refractivity contribution in [1.29, 1.82) is 0 Å². The molecule has 0 amide bonds. The maximum atomic E-state index is 5.18. The third-order valence-electron chi connectivity index (χ3n) is 3.58. The van der Waals surface area contributed by atoms with Gasteiger partial charge in [-0.2, -0.15) is 0 Å². The zero-order valence-corrected chi connectivity index (χ0v) is 10.4. The summed E-state index contributed by atoms with van der Waals surface area (Å²) in [6.45, 7) is 4.46. The first-order chi connectivity index (χ1) is 7.70. The molecule has 0 aromatic heterocycles. The number of ether oxygens (including phenoxy) is 1. The Balaban J connectivity index is 2.11. The lowest BCUT2D eigenvalue weighted by Crippen LogP contribution is -1.92. The minimum absolute atomic E-state index is 0.718. The summed E-state index contributed by atoms with van der Waals surface area (Å²) in [7, 11) is 1.71. The molecule has 0 aliphatic heterocycles. The summed E-state index contributed by atoms with van der Waals surface area (Å²) in [6.07, 6.45) is 3.82. The fraction of sp³-hybridized carbons (Fsp3) is 0.467. The average Bonchev–Trinajstić information content (AvgIpc) is 2.78. The molecule has 1 fully saturated rings. The van der Waals surface area contributed by atoms with Crippen molar-refractivity contribution < 1.29 is 4.74 Å². The van der Waals surface area contributed by atoms with Gasteiger partial charge in [0, 0.05) is 0 Å². The maximum Gasteiger partial charge on any atom is 0.118 e. The van der Waals surface area contributed by atoms with Crippen LogP contribution in [0.25, 0.3) is 0 Å². The highest BCUT2D eigenvalue weighted by atomic mass is 16.5. The molecule has 1 aromatic rings. The van der Waals surface area contributed by atoms with Crippen LogP contribution in [0.15, 0.2) is 35.4 Å². The van der Waals surface area contributed by atoms with E-state index in [1.807, 2.05) is 0 Å². The van der Waals surface area contributed by atoms with Crippen molar-refractivity contribution in [3.05, 3.63) is 41.0 Å². The van der Waals surface area contributed by atoms with E-state index in [4.69, 9.17) is 4.74 Å². The first-order valence-corrected chi connectivity index (χ1v) is 6.00. The quantitative estimate of drug-likeness (QED) is 0.670. The van der Waals surface area contributed by atoms with Gasteiger partial charge >= 0.3 is 0 Å². The van der Waals surface area contributed by atoms with Crippen LogP contribution in [0.3, 0.4) is 0 Å². The van der Waals surface area contributed by atoms with Crippen molar-refractivity contribution in [2.45, 2.75) is 39.0 Å². The van der Waals surface area contributed by atoms with E-state index < -0.39 is 0 Å². The molecule has 86 valence electrons. The molecular weight excluding hydrogens is 196 g/mol. The zero-order chi connectivity index (χ0) is 11.5. The van der Waals surface area contributed by atoms with Gasteiger partial charge in [-0.3, -0.25) is 0 Å². The molecule has 1 aliphatic rings. The third-order valence-corrected chi connectivity index (χ3v) is 3.58. The smallest absolute Gasteiger partial charge is 0.118 e. The van der Waals surface area contributed by atoms with Crippen molar-refractivity contribution >= 4 is 0 Å². The standard InChI is InChI=1S/C15H20O/c1-11(2)13-4-5-14(10-13)12-6-8-15(16-3)9-7-12/h6-9,14H,4-5,10H2,1-3H3. The molecule has 1 aliphatic carbocycles. The number of methoxy groups -OCH3 is 1. The van der Waals surface area contributed by atoms with Crippen LogP contribution in [0.1, 0.15) is 44.6 Å². The van der Waals surface area contributed by atoms with Gasteiger partial charge in [-0.1, -0.05) is 23.3 Å². The SMILES string of the molecule is COc1ccc(C2CCC(=C(C)C)C2)cc1. The molecule has 0 bridgehead atoms. The Morgan fingerprint density at radius 2 is 1.88 bits per heavy atom. The van der Waals surface area contributed by atoms with Crippen molar-refractivity contribution in [2.24, 2.45) is 0 Å². The van der Waals surface area contributed by atoms with Gasteiger partial charge in [-0.25, -0.2) is 0 Å². The molecule has 0 spiro atoms. The van der Waals surface area contributed by atoms with Crippen molar-refractivity contribution in [3.8, 4) is 5.75 Å². The highest BCUT2D eigenvalue weighted by Gasteiger charge is 2.21. The Kier molecular flexibility index (Phi) is 3.33. The molecule has 1 nitrogen and oxygen atoms in total. The van der Waals surface area contributed by atoms with E-state index in [1.54, 1.807) is 12.7 Å². The van der Waals surface area contributed by atoms with Crippen LogP contribution >= 0.6 is 0 Å². The summed E-state index contributed by atoms with van der Waals surface area (Å²) < 4.78 is 5.18. The van der Waals surface area contributed by atoms with Crippen molar-refractivity contribution in [2.75, 3.05) is 7.11 Å². The molecule has 1 heteroatoms. The van der Waals surface area contributed by atoms with E-state index in [2.05, 4.69) is 38.1 Å². The normalized spacial score (nSPS) is 19.9. The van der Waals surface area contributed by atoms with E-state index >= 15 is 0 Å². The fourth-order valence-electron chi connectivity index (χ4n) is 2.46. The highest BCUT2D eigenvalue weighted by molar-refractivity contribution is 5.32. The average molecular weight is 216 g/mol. The van der Waals surface area contributed by atoms with Gasteiger partial charge in [-0.05, 0) is 56.7 Å². The van der Waals surface area contributed by atoms with Crippen LogP contribution in [0.4, 0.5) is 0 Å². The van der Waals surface area contributed by atoms with Gasteiger partial charge in [-0.15, -0.1) is 0 Å². The second-order valence-corrected chi connectivity index (χ2v) is 4.82. The van der Waals surface area contributed by atoms with Gasteiger partial charge in [0.15, 0.2) is 0 Å². The topological polar surface area (TPSA) is 9.23 Å². The minimum Gasteiger partial charge on any atom is -0.497 e. The Hall–Kier alpha value is -1.24. The molecule has 1 saturated carbocycles. The molecule has 0 radical (unpaired) electrons. The summed E-state index contributed by atoms with van der Waals surface area (Å²) in [6, 6.07) is 8.54. The van der Waals surface area contributed by atoms with Crippen molar-refractivity contribution in [3.63, 3.8) is 0 Å². The second-order valence-electron chi connectivity index (χ2n) is 4.82.